The standard InChI is InChI=1S/C16H10Cl2N2O2S/c17-10-3-6-13(12(18)8-10)19-16-20-15(22)14(23-16)7-9-1-4-11(21)5-2-9/h1-8,21H,(H,19,20,22). The second kappa shape index (κ2) is 6.66. The summed E-state index contributed by atoms with van der Waals surface area (Å²) in [4.78, 5) is 16.8. The Labute approximate surface area is 146 Å². The summed E-state index contributed by atoms with van der Waals surface area (Å²) >= 11 is 13.1. The summed E-state index contributed by atoms with van der Waals surface area (Å²) in [6.45, 7) is 0. The van der Waals surface area contributed by atoms with Crippen LogP contribution in [0.2, 0.25) is 10.0 Å². The molecule has 2 N–H and O–H groups in total. The second-order valence-electron chi connectivity index (χ2n) is 4.67. The number of phenols is 1. The molecule has 0 unspecified atom stereocenters. The highest BCUT2D eigenvalue weighted by Crippen LogP contribution is 2.32. The Hall–Kier alpha value is -1.95. The number of nitrogens with one attached hydrogen (secondary N) is 1. The average Bonchev–Trinajstić information content (AvgIpc) is 2.84. The first kappa shape index (κ1) is 15.9. The molecule has 0 atom stereocenters. The number of amides is 1. The van der Waals surface area contributed by atoms with Crippen LogP contribution in [0.25, 0.3) is 6.08 Å². The number of hydrogen-bond donors (Lipinski definition) is 2. The van der Waals surface area contributed by atoms with Gasteiger partial charge in [-0.15, -0.1) is 0 Å². The molecule has 7 heteroatoms. The van der Waals surface area contributed by atoms with E-state index in [1.54, 1.807) is 48.5 Å². The Morgan fingerprint density at radius 1 is 1.13 bits per heavy atom. The van der Waals surface area contributed by atoms with Crippen LogP contribution in [0, 0.1) is 0 Å². The van der Waals surface area contributed by atoms with Gasteiger partial charge in [0.25, 0.3) is 5.91 Å². The van der Waals surface area contributed by atoms with Crippen LogP contribution in [-0.2, 0) is 4.79 Å². The minimum atomic E-state index is -0.230. The number of hydrogen-bond acceptors (Lipinski definition) is 4. The van der Waals surface area contributed by atoms with Gasteiger partial charge in [0, 0.05) is 5.02 Å². The summed E-state index contributed by atoms with van der Waals surface area (Å²) in [5.41, 5.74) is 1.34. The first-order valence-corrected chi connectivity index (χ1v) is 8.12. The topological polar surface area (TPSA) is 61.7 Å². The smallest absolute Gasteiger partial charge is 0.264 e. The monoisotopic (exact) mass is 364 g/mol. The molecular weight excluding hydrogens is 355 g/mol. The van der Waals surface area contributed by atoms with E-state index < -0.39 is 0 Å². The predicted octanol–water partition coefficient (Wildman–Crippen LogP) is 4.59. The van der Waals surface area contributed by atoms with Crippen molar-refractivity contribution < 1.29 is 9.90 Å². The van der Waals surface area contributed by atoms with Crippen molar-refractivity contribution in [3.8, 4) is 5.75 Å². The van der Waals surface area contributed by atoms with E-state index in [4.69, 9.17) is 23.2 Å². The highest BCUT2D eigenvalue weighted by molar-refractivity contribution is 8.18. The van der Waals surface area contributed by atoms with E-state index >= 15 is 0 Å². The van der Waals surface area contributed by atoms with E-state index in [0.29, 0.717) is 25.8 Å². The maximum Gasteiger partial charge on any atom is 0.264 e. The van der Waals surface area contributed by atoms with Crippen molar-refractivity contribution in [1.29, 1.82) is 0 Å². The molecule has 0 spiro atoms. The number of nitrogens with zero attached hydrogens (tertiary/aromatic N) is 1. The number of benzene rings is 2. The largest absolute Gasteiger partial charge is 0.508 e. The summed E-state index contributed by atoms with van der Waals surface area (Å²) in [6, 6.07) is 11.5. The lowest BCUT2D eigenvalue weighted by Crippen LogP contribution is -2.19. The molecule has 0 radical (unpaired) electrons. The molecule has 0 saturated carbocycles. The minimum Gasteiger partial charge on any atom is -0.508 e. The van der Waals surface area contributed by atoms with Gasteiger partial charge in [0.1, 0.15) is 5.75 Å². The highest BCUT2D eigenvalue weighted by atomic mass is 35.5. The summed E-state index contributed by atoms with van der Waals surface area (Å²) in [5.74, 6) is -0.0535. The normalized spacial score (nSPS) is 17.7. The molecule has 2 aromatic rings. The molecule has 0 aliphatic carbocycles. The number of aliphatic imine (C=N–C) groups is 1. The number of rotatable bonds is 2. The summed E-state index contributed by atoms with van der Waals surface area (Å²) in [7, 11) is 0. The van der Waals surface area contributed by atoms with E-state index in [9.17, 15) is 9.90 Å². The van der Waals surface area contributed by atoms with Gasteiger partial charge in [-0.3, -0.25) is 4.79 Å². The first-order chi connectivity index (χ1) is 11.0. The molecule has 3 rings (SSSR count). The maximum absolute atomic E-state index is 12.0. The van der Waals surface area contributed by atoms with Crippen LogP contribution >= 0.6 is 35.0 Å². The van der Waals surface area contributed by atoms with E-state index in [1.807, 2.05) is 0 Å². The van der Waals surface area contributed by atoms with Crippen molar-refractivity contribution in [1.82, 2.24) is 5.32 Å². The van der Waals surface area contributed by atoms with Crippen LogP contribution in [-0.4, -0.2) is 16.2 Å². The van der Waals surface area contributed by atoms with E-state index in [2.05, 4.69) is 10.3 Å². The summed E-state index contributed by atoms with van der Waals surface area (Å²) in [5, 5.41) is 13.3. The van der Waals surface area contributed by atoms with Gasteiger partial charge in [-0.2, -0.15) is 0 Å². The van der Waals surface area contributed by atoms with Crippen molar-refractivity contribution in [2.45, 2.75) is 0 Å². The lowest BCUT2D eigenvalue weighted by molar-refractivity contribution is -0.115. The van der Waals surface area contributed by atoms with Crippen molar-refractivity contribution in [3.63, 3.8) is 0 Å². The van der Waals surface area contributed by atoms with Crippen molar-refractivity contribution in [2.75, 3.05) is 0 Å². The third-order valence-electron chi connectivity index (χ3n) is 2.97. The Balaban J connectivity index is 1.84. The SMILES string of the molecule is O=C1NC(=Nc2ccc(Cl)cc2Cl)SC1=Cc1ccc(O)cc1. The van der Waals surface area contributed by atoms with Crippen molar-refractivity contribution >= 4 is 57.8 Å². The number of carbonyl (C=O) groups excluding carboxylic acids is 1. The number of thioether (sulfide) groups is 1. The molecule has 0 aromatic heterocycles. The molecule has 1 heterocycles. The van der Waals surface area contributed by atoms with Gasteiger partial charge in [0.2, 0.25) is 0 Å². The molecule has 1 fully saturated rings. The Kier molecular flexibility index (Phi) is 4.61. The fourth-order valence-electron chi connectivity index (χ4n) is 1.88. The molecule has 4 nitrogen and oxygen atoms in total. The third kappa shape index (κ3) is 3.88. The number of amidine groups is 1. The van der Waals surface area contributed by atoms with E-state index in [1.165, 1.54) is 11.8 Å². The van der Waals surface area contributed by atoms with Crippen molar-refractivity contribution in [3.05, 3.63) is 63.0 Å². The van der Waals surface area contributed by atoms with Gasteiger partial charge < -0.3 is 10.4 Å². The Morgan fingerprint density at radius 3 is 2.57 bits per heavy atom. The lowest BCUT2D eigenvalue weighted by Gasteiger charge is -2.00. The first-order valence-electron chi connectivity index (χ1n) is 6.55. The zero-order valence-corrected chi connectivity index (χ0v) is 13.9. The van der Waals surface area contributed by atoms with Gasteiger partial charge in [-0.25, -0.2) is 4.99 Å². The van der Waals surface area contributed by atoms with E-state index in [0.717, 1.165) is 5.56 Å². The maximum atomic E-state index is 12.0. The summed E-state index contributed by atoms with van der Waals surface area (Å²) < 4.78 is 0. The van der Waals surface area contributed by atoms with Gasteiger partial charge in [-0.05, 0) is 53.7 Å². The fraction of sp³-hybridized carbons (Fsp3) is 0. The molecule has 1 aliphatic heterocycles. The number of halogens is 2. The van der Waals surface area contributed by atoms with Crippen LogP contribution in [0.15, 0.2) is 52.4 Å². The molecular formula is C16H10Cl2N2O2S. The minimum absolute atomic E-state index is 0.176. The van der Waals surface area contributed by atoms with Crippen molar-refractivity contribution in [2.24, 2.45) is 4.99 Å². The number of carbonyl (C=O) groups is 1. The molecule has 1 amide bonds. The molecule has 1 aliphatic rings. The van der Waals surface area contributed by atoms with Crippen LogP contribution in [0.3, 0.4) is 0 Å². The quantitative estimate of drug-likeness (QED) is 0.766. The van der Waals surface area contributed by atoms with Crippen LogP contribution in [0.5, 0.6) is 5.75 Å². The molecule has 1 saturated heterocycles. The Bertz CT molecular complexity index is 832. The van der Waals surface area contributed by atoms with Crippen LogP contribution < -0.4 is 5.32 Å². The number of phenolic OH excluding ortho intramolecular Hbond substituents is 1. The zero-order valence-electron chi connectivity index (χ0n) is 11.6. The lowest BCUT2D eigenvalue weighted by atomic mass is 10.2. The van der Waals surface area contributed by atoms with Gasteiger partial charge in [0.15, 0.2) is 5.17 Å². The molecule has 116 valence electrons. The van der Waals surface area contributed by atoms with Crippen LogP contribution in [0.1, 0.15) is 5.56 Å². The Morgan fingerprint density at radius 2 is 1.87 bits per heavy atom. The predicted molar refractivity (Wildman–Crippen MR) is 95.4 cm³/mol. The molecule has 0 bridgehead atoms. The molecule has 23 heavy (non-hydrogen) atoms. The van der Waals surface area contributed by atoms with E-state index in [-0.39, 0.29) is 11.7 Å². The average molecular weight is 365 g/mol. The number of aromatic hydroxyl groups is 1. The molecule has 2 aromatic carbocycles. The van der Waals surface area contributed by atoms with Gasteiger partial charge in [-0.1, -0.05) is 35.3 Å². The zero-order chi connectivity index (χ0) is 16.4. The van der Waals surface area contributed by atoms with Gasteiger partial charge >= 0.3 is 0 Å². The summed E-state index contributed by atoms with van der Waals surface area (Å²) in [6.07, 6.45) is 1.73. The fourth-order valence-corrected chi connectivity index (χ4v) is 3.17. The third-order valence-corrected chi connectivity index (χ3v) is 4.42. The van der Waals surface area contributed by atoms with Gasteiger partial charge in [0.05, 0.1) is 15.6 Å². The van der Waals surface area contributed by atoms with Crippen LogP contribution in [0.4, 0.5) is 5.69 Å². The second-order valence-corrected chi connectivity index (χ2v) is 6.54. The highest BCUT2D eigenvalue weighted by Gasteiger charge is 2.24.